The lowest BCUT2D eigenvalue weighted by atomic mass is 9.97. The molecule has 0 radical (unpaired) electrons. The zero-order chi connectivity index (χ0) is 18.9. The van der Waals surface area contributed by atoms with Crippen molar-refractivity contribution in [3.05, 3.63) is 0 Å². The summed E-state index contributed by atoms with van der Waals surface area (Å²) in [5.74, 6) is 1.67. The molecule has 2 rings (SSSR count). The van der Waals surface area contributed by atoms with Gasteiger partial charge in [-0.25, -0.2) is 0 Å². The minimum atomic E-state index is -0.0406. The smallest absolute Gasteiger partial charge is 0.309 e. The standard InChI is InChI=1S/C20H38N4O2/c1-5-26-19(25)17-8-12-24(13-9-17)20(21-4)22-15-18(14-16(2)3)23-10-6-7-11-23/h16-18H,5-15H2,1-4H3,(H,21,22). The van der Waals surface area contributed by atoms with Crippen LogP contribution in [0.4, 0.5) is 0 Å². The number of esters is 1. The van der Waals surface area contributed by atoms with Crippen LogP contribution < -0.4 is 5.32 Å². The monoisotopic (exact) mass is 366 g/mol. The SMILES string of the molecule is CCOC(=O)C1CCN(C(=NC)NCC(CC(C)C)N2CCCC2)CC1. The van der Waals surface area contributed by atoms with E-state index in [0.29, 0.717) is 18.6 Å². The van der Waals surface area contributed by atoms with Gasteiger partial charge in [0.1, 0.15) is 0 Å². The quantitative estimate of drug-likeness (QED) is 0.426. The summed E-state index contributed by atoms with van der Waals surface area (Å²) < 4.78 is 5.17. The number of guanidine groups is 1. The van der Waals surface area contributed by atoms with Gasteiger partial charge in [0.25, 0.3) is 0 Å². The van der Waals surface area contributed by atoms with Crippen molar-refractivity contribution in [3.8, 4) is 0 Å². The van der Waals surface area contributed by atoms with Crippen LogP contribution in [0.5, 0.6) is 0 Å². The molecule has 0 amide bonds. The van der Waals surface area contributed by atoms with Crippen molar-refractivity contribution in [3.63, 3.8) is 0 Å². The van der Waals surface area contributed by atoms with Crippen LogP contribution >= 0.6 is 0 Å². The molecule has 0 aromatic rings. The Kier molecular flexibility index (Phi) is 8.69. The lowest BCUT2D eigenvalue weighted by molar-refractivity contribution is -0.149. The van der Waals surface area contributed by atoms with Crippen molar-refractivity contribution >= 4 is 11.9 Å². The fraction of sp³-hybridized carbons (Fsp3) is 0.900. The maximum absolute atomic E-state index is 11.9. The number of carbonyl (C=O) groups is 1. The zero-order valence-corrected chi connectivity index (χ0v) is 17.2. The Labute approximate surface area is 159 Å². The first kappa shape index (κ1) is 21.0. The highest BCUT2D eigenvalue weighted by Crippen LogP contribution is 2.20. The third-order valence-corrected chi connectivity index (χ3v) is 5.52. The van der Waals surface area contributed by atoms with Crippen LogP contribution in [0.3, 0.4) is 0 Å². The van der Waals surface area contributed by atoms with Gasteiger partial charge in [0, 0.05) is 32.7 Å². The zero-order valence-electron chi connectivity index (χ0n) is 17.2. The number of piperidine rings is 1. The molecule has 2 heterocycles. The molecule has 0 spiro atoms. The Balaban J connectivity index is 1.83. The average molecular weight is 367 g/mol. The van der Waals surface area contributed by atoms with Gasteiger partial charge in [0.05, 0.1) is 12.5 Å². The van der Waals surface area contributed by atoms with Gasteiger partial charge in [-0.1, -0.05) is 13.8 Å². The van der Waals surface area contributed by atoms with Crippen LogP contribution in [0.25, 0.3) is 0 Å². The molecule has 6 nitrogen and oxygen atoms in total. The number of ether oxygens (including phenoxy) is 1. The van der Waals surface area contributed by atoms with Crippen LogP contribution in [0.15, 0.2) is 4.99 Å². The minimum absolute atomic E-state index is 0.0406. The lowest BCUT2D eigenvalue weighted by Crippen LogP contribution is -2.50. The molecule has 2 fully saturated rings. The summed E-state index contributed by atoms with van der Waals surface area (Å²) in [5, 5.41) is 3.61. The first-order valence-electron chi connectivity index (χ1n) is 10.4. The molecular weight excluding hydrogens is 328 g/mol. The molecular formula is C20H38N4O2. The molecule has 6 heteroatoms. The number of hydrogen-bond donors (Lipinski definition) is 1. The Morgan fingerprint density at radius 1 is 1.19 bits per heavy atom. The Bertz CT molecular complexity index is 453. The average Bonchev–Trinajstić information content (AvgIpc) is 3.16. The van der Waals surface area contributed by atoms with Gasteiger partial charge in [-0.15, -0.1) is 0 Å². The predicted molar refractivity (Wildman–Crippen MR) is 106 cm³/mol. The molecule has 150 valence electrons. The normalized spacial score (nSPS) is 21.3. The molecule has 1 unspecified atom stereocenters. The topological polar surface area (TPSA) is 57.2 Å². The van der Waals surface area contributed by atoms with Crippen molar-refractivity contribution in [2.75, 3.05) is 46.4 Å². The van der Waals surface area contributed by atoms with Gasteiger partial charge >= 0.3 is 5.97 Å². The molecule has 0 saturated carbocycles. The molecule has 0 bridgehead atoms. The van der Waals surface area contributed by atoms with E-state index in [-0.39, 0.29) is 11.9 Å². The number of likely N-dealkylation sites (tertiary alicyclic amines) is 2. The largest absolute Gasteiger partial charge is 0.466 e. The molecule has 2 aliphatic heterocycles. The first-order chi connectivity index (χ1) is 12.5. The van der Waals surface area contributed by atoms with Gasteiger partial charge < -0.3 is 15.0 Å². The number of nitrogens with one attached hydrogen (secondary N) is 1. The minimum Gasteiger partial charge on any atom is -0.466 e. The van der Waals surface area contributed by atoms with Crippen LogP contribution in [-0.4, -0.2) is 74.1 Å². The third kappa shape index (κ3) is 6.15. The molecule has 1 N–H and O–H groups in total. The maximum Gasteiger partial charge on any atom is 0.309 e. The Morgan fingerprint density at radius 2 is 1.85 bits per heavy atom. The van der Waals surface area contributed by atoms with E-state index in [1.165, 1.54) is 32.4 Å². The van der Waals surface area contributed by atoms with Crippen LogP contribution in [0, 0.1) is 11.8 Å². The van der Waals surface area contributed by atoms with E-state index in [1.54, 1.807) is 0 Å². The number of hydrogen-bond acceptors (Lipinski definition) is 4. The highest BCUT2D eigenvalue weighted by Gasteiger charge is 2.28. The number of nitrogens with zero attached hydrogens (tertiary/aromatic N) is 3. The molecule has 2 saturated heterocycles. The Hall–Kier alpha value is -1.30. The van der Waals surface area contributed by atoms with Crippen LogP contribution in [0.2, 0.25) is 0 Å². The van der Waals surface area contributed by atoms with E-state index in [1.807, 2.05) is 14.0 Å². The van der Waals surface area contributed by atoms with Gasteiger partial charge in [-0.2, -0.15) is 0 Å². The predicted octanol–water partition coefficient (Wildman–Crippen LogP) is 2.35. The van der Waals surface area contributed by atoms with Crippen molar-refractivity contribution in [2.45, 2.75) is 58.9 Å². The van der Waals surface area contributed by atoms with Gasteiger partial charge in [-0.05, 0) is 58.0 Å². The lowest BCUT2D eigenvalue weighted by Gasteiger charge is -2.35. The molecule has 0 aromatic carbocycles. The van der Waals surface area contributed by atoms with Crippen molar-refractivity contribution in [1.29, 1.82) is 0 Å². The Morgan fingerprint density at radius 3 is 2.38 bits per heavy atom. The number of rotatable bonds is 7. The second-order valence-electron chi connectivity index (χ2n) is 7.97. The van der Waals surface area contributed by atoms with Crippen molar-refractivity contribution in [2.24, 2.45) is 16.8 Å². The van der Waals surface area contributed by atoms with E-state index < -0.39 is 0 Å². The fourth-order valence-electron chi connectivity index (χ4n) is 4.14. The number of carbonyl (C=O) groups excluding carboxylic acids is 1. The van der Waals surface area contributed by atoms with Crippen LogP contribution in [-0.2, 0) is 9.53 Å². The van der Waals surface area contributed by atoms with E-state index in [4.69, 9.17) is 4.74 Å². The highest BCUT2D eigenvalue weighted by molar-refractivity contribution is 5.80. The van der Waals surface area contributed by atoms with E-state index >= 15 is 0 Å². The summed E-state index contributed by atoms with van der Waals surface area (Å²) in [6, 6.07) is 0.575. The van der Waals surface area contributed by atoms with E-state index in [2.05, 4.69) is 34.0 Å². The molecule has 1 atom stereocenters. The molecule has 0 aliphatic carbocycles. The second-order valence-corrected chi connectivity index (χ2v) is 7.97. The van der Waals surface area contributed by atoms with Gasteiger partial charge in [-0.3, -0.25) is 14.7 Å². The highest BCUT2D eigenvalue weighted by atomic mass is 16.5. The number of aliphatic imine (C=N–C) groups is 1. The summed E-state index contributed by atoms with van der Waals surface area (Å²) >= 11 is 0. The summed E-state index contributed by atoms with van der Waals surface area (Å²) in [7, 11) is 1.85. The summed E-state index contributed by atoms with van der Waals surface area (Å²) in [5.41, 5.74) is 0. The molecule has 26 heavy (non-hydrogen) atoms. The summed E-state index contributed by atoms with van der Waals surface area (Å²) in [6.45, 7) is 12.1. The van der Waals surface area contributed by atoms with Gasteiger partial charge in [0.15, 0.2) is 5.96 Å². The first-order valence-corrected chi connectivity index (χ1v) is 10.4. The summed E-state index contributed by atoms with van der Waals surface area (Å²) in [6.07, 6.45) is 5.56. The van der Waals surface area contributed by atoms with Crippen molar-refractivity contribution in [1.82, 2.24) is 15.1 Å². The summed E-state index contributed by atoms with van der Waals surface area (Å²) in [4.78, 5) is 21.3. The third-order valence-electron chi connectivity index (χ3n) is 5.52. The van der Waals surface area contributed by atoms with Gasteiger partial charge in [0.2, 0.25) is 0 Å². The van der Waals surface area contributed by atoms with E-state index in [0.717, 1.165) is 38.4 Å². The molecule has 2 aliphatic rings. The van der Waals surface area contributed by atoms with Crippen molar-refractivity contribution < 1.29 is 9.53 Å². The maximum atomic E-state index is 11.9. The fourth-order valence-corrected chi connectivity index (χ4v) is 4.14. The molecule has 0 aromatic heterocycles. The van der Waals surface area contributed by atoms with Crippen LogP contribution in [0.1, 0.15) is 52.9 Å². The second kappa shape index (κ2) is 10.8. The van der Waals surface area contributed by atoms with E-state index in [9.17, 15) is 4.79 Å².